The topological polar surface area (TPSA) is 75.7 Å². The summed E-state index contributed by atoms with van der Waals surface area (Å²) < 4.78 is 5.74. The van der Waals surface area contributed by atoms with Crippen LogP contribution in [0.2, 0.25) is 0 Å². The number of urea groups is 1. The predicted molar refractivity (Wildman–Crippen MR) is 112 cm³/mol. The monoisotopic (exact) mass is 392 g/mol. The van der Waals surface area contributed by atoms with Crippen molar-refractivity contribution in [2.24, 2.45) is 0 Å². The largest absolute Gasteiger partial charge is 0.491 e. The molecule has 1 heterocycles. The smallest absolute Gasteiger partial charge is 0.335 e. The number of hydrogen-bond acceptors (Lipinski definition) is 4. The summed E-state index contributed by atoms with van der Waals surface area (Å²) >= 11 is 0. The fraction of sp³-hybridized carbons (Fsp3) is 0.261. The van der Waals surface area contributed by atoms with Crippen LogP contribution in [0, 0.1) is 13.8 Å². The Bertz CT molecular complexity index is 972. The molecule has 1 aliphatic rings. The van der Waals surface area contributed by atoms with E-state index in [0.717, 1.165) is 22.4 Å². The lowest BCUT2D eigenvalue weighted by atomic mass is 10.1. The molecule has 4 amide bonds. The normalized spacial score (nSPS) is 16.8. The second kappa shape index (κ2) is 8.31. The van der Waals surface area contributed by atoms with Gasteiger partial charge < -0.3 is 4.74 Å². The van der Waals surface area contributed by atoms with Gasteiger partial charge in [0.25, 0.3) is 11.8 Å². The first-order chi connectivity index (χ1) is 13.8. The zero-order valence-corrected chi connectivity index (χ0v) is 17.0. The fourth-order valence-electron chi connectivity index (χ4n) is 3.10. The average Bonchev–Trinajstić information content (AvgIpc) is 2.65. The van der Waals surface area contributed by atoms with Crippen LogP contribution in [0.3, 0.4) is 0 Å². The molecule has 1 aliphatic heterocycles. The van der Waals surface area contributed by atoms with Gasteiger partial charge in [0.2, 0.25) is 0 Å². The van der Waals surface area contributed by atoms with Gasteiger partial charge in [-0.3, -0.25) is 14.9 Å². The van der Waals surface area contributed by atoms with Gasteiger partial charge in [0, 0.05) is 0 Å². The molecule has 29 heavy (non-hydrogen) atoms. The van der Waals surface area contributed by atoms with Gasteiger partial charge in [-0.05, 0) is 74.2 Å². The highest BCUT2D eigenvalue weighted by molar-refractivity contribution is 6.39. The van der Waals surface area contributed by atoms with Gasteiger partial charge in [-0.1, -0.05) is 25.1 Å². The van der Waals surface area contributed by atoms with Crippen LogP contribution >= 0.6 is 0 Å². The van der Waals surface area contributed by atoms with Crippen molar-refractivity contribution in [1.82, 2.24) is 5.32 Å². The maximum absolute atomic E-state index is 13.0. The molecular formula is C23H24N2O4. The third kappa shape index (κ3) is 4.54. The summed E-state index contributed by atoms with van der Waals surface area (Å²) in [6.45, 7) is 7.79. The molecule has 3 rings (SSSR count). The Kier molecular flexibility index (Phi) is 5.82. The summed E-state index contributed by atoms with van der Waals surface area (Å²) in [5, 5.41) is 2.25. The minimum Gasteiger partial charge on any atom is -0.491 e. The highest BCUT2D eigenvalue weighted by Crippen LogP contribution is 2.25. The fourth-order valence-corrected chi connectivity index (χ4v) is 3.10. The number of nitrogens with zero attached hydrogens (tertiary/aromatic N) is 1. The van der Waals surface area contributed by atoms with E-state index in [4.69, 9.17) is 4.74 Å². The van der Waals surface area contributed by atoms with E-state index < -0.39 is 17.8 Å². The first-order valence-corrected chi connectivity index (χ1v) is 9.55. The van der Waals surface area contributed by atoms with Gasteiger partial charge in [-0.15, -0.1) is 0 Å². The van der Waals surface area contributed by atoms with Crippen molar-refractivity contribution in [2.45, 2.75) is 40.2 Å². The van der Waals surface area contributed by atoms with E-state index in [0.29, 0.717) is 17.0 Å². The van der Waals surface area contributed by atoms with E-state index in [1.54, 1.807) is 36.4 Å². The van der Waals surface area contributed by atoms with Crippen molar-refractivity contribution >= 4 is 29.6 Å². The number of carbonyl (C=O) groups is 3. The molecule has 0 spiro atoms. The van der Waals surface area contributed by atoms with Crippen molar-refractivity contribution in [3.05, 3.63) is 64.7 Å². The number of anilines is 1. The summed E-state index contributed by atoms with van der Waals surface area (Å²) in [5.41, 5.74) is 2.83. The summed E-state index contributed by atoms with van der Waals surface area (Å²) in [6.07, 6.45) is 2.47. The highest BCUT2D eigenvalue weighted by Gasteiger charge is 2.36. The molecule has 0 aliphatic carbocycles. The minimum absolute atomic E-state index is 0.0978. The number of nitrogens with one attached hydrogen (secondary N) is 1. The number of benzene rings is 2. The zero-order chi connectivity index (χ0) is 21.1. The molecule has 1 N–H and O–H groups in total. The maximum atomic E-state index is 13.0. The molecule has 1 unspecified atom stereocenters. The molecule has 6 heteroatoms. The molecule has 1 fully saturated rings. The third-order valence-electron chi connectivity index (χ3n) is 4.67. The van der Waals surface area contributed by atoms with Crippen molar-refractivity contribution in [3.8, 4) is 5.75 Å². The van der Waals surface area contributed by atoms with Crippen LogP contribution in [-0.2, 0) is 9.59 Å². The van der Waals surface area contributed by atoms with Gasteiger partial charge in [0.05, 0.1) is 11.8 Å². The van der Waals surface area contributed by atoms with Crippen LogP contribution in [0.5, 0.6) is 5.75 Å². The summed E-state index contributed by atoms with van der Waals surface area (Å²) in [7, 11) is 0. The van der Waals surface area contributed by atoms with Crippen LogP contribution in [0.1, 0.15) is 37.0 Å². The second-order valence-corrected chi connectivity index (χ2v) is 7.21. The molecule has 0 aromatic heterocycles. The standard InChI is InChI=1S/C23H24N2O4/c1-5-16(4)29-19-8-6-17(7-9-19)13-20-21(26)24-23(28)25(22(20)27)18-11-14(2)10-15(3)12-18/h6-13,16H,5H2,1-4H3,(H,24,26,28)/b20-13+. The lowest BCUT2D eigenvalue weighted by Gasteiger charge is -2.27. The van der Waals surface area contributed by atoms with Crippen LogP contribution in [0.25, 0.3) is 6.08 Å². The highest BCUT2D eigenvalue weighted by atomic mass is 16.5. The van der Waals surface area contributed by atoms with Crippen molar-refractivity contribution in [2.75, 3.05) is 4.90 Å². The van der Waals surface area contributed by atoms with Crippen LogP contribution in [-0.4, -0.2) is 23.9 Å². The Morgan fingerprint density at radius 2 is 1.66 bits per heavy atom. The van der Waals surface area contributed by atoms with E-state index in [9.17, 15) is 14.4 Å². The van der Waals surface area contributed by atoms with E-state index in [-0.39, 0.29) is 11.7 Å². The Hall–Kier alpha value is -3.41. The first kappa shape index (κ1) is 20.3. The molecule has 150 valence electrons. The number of carbonyl (C=O) groups excluding carboxylic acids is 3. The molecular weight excluding hydrogens is 368 g/mol. The lowest BCUT2D eigenvalue weighted by molar-refractivity contribution is -0.122. The van der Waals surface area contributed by atoms with Gasteiger partial charge in [0.15, 0.2) is 0 Å². The SMILES string of the molecule is CCC(C)Oc1ccc(/C=C2\C(=O)NC(=O)N(c3cc(C)cc(C)c3)C2=O)cc1. The number of rotatable bonds is 5. The molecule has 1 saturated heterocycles. The van der Waals surface area contributed by atoms with Crippen molar-refractivity contribution in [3.63, 3.8) is 0 Å². The zero-order valence-electron chi connectivity index (χ0n) is 17.0. The number of aryl methyl sites for hydroxylation is 2. The molecule has 0 bridgehead atoms. The van der Waals surface area contributed by atoms with E-state index in [1.807, 2.05) is 33.8 Å². The average molecular weight is 392 g/mol. The number of hydrogen-bond donors (Lipinski definition) is 1. The molecule has 0 radical (unpaired) electrons. The minimum atomic E-state index is -0.751. The van der Waals surface area contributed by atoms with Crippen molar-refractivity contribution < 1.29 is 19.1 Å². The summed E-state index contributed by atoms with van der Waals surface area (Å²) in [6, 6.07) is 11.8. The quantitative estimate of drug-likeness (QED) is 0.613. The first-order valence-electron chi connectivity index (χ1n) is 9.55. The number of ether oxygens (including phenoxy) is 1. The van der Waals surface area contributed by atoms with Crippen molar-refractivity contribution in [1.29, 1.82) is 0 Å². The number of amides is 4. The van der Waals surface area contributed by atoms with Crippen LogP contribution in [0.4, 0.5) is 10.5 Å². The number of imide groups is 2. The molecule has 2 aromatic rings. The Balaban J connectivity index is 1.91. The van der Waals surface area contributed by atoms with E-state index in [2.05, 4.69) is 5.32 Å². The Labute approximate surface area is 170 Å². The maximum Gasteiger partial charge on any atom is 0.335 e. The van der Waals surface area contributed by atoms with E-state index >= 15 is 0 Å². The summed E-state index contributed by atoms with van der Waals surface area (Å²) in [5.74, 6) is -0.641. The van der Waals surface area contributed by atoms with Gasteiger partial charge in [-0.2, -0.15) is 0 Å². The van der Waals surface area contributed by atoms with Crippen LogP contribution < -0.4 is 15.0 Å². The molecule has 0 saturated carbocycles. The van der Waals surface area contributed by atoms with Gasteiger partial charge in [-0.25, -0.2) is 9.69 Å². The lowest BCUT2D eigenvalue weighted by Crippen LogP contribution is -2.54. The molecule has 6 nitrogen and oxygen atoms in total. The van der Waals surface area contributed by atoms with Gasteiger partial charge >= 0.3 is 6.03 Å². The predicted octanol–water partition coefficient (Wildman–Crippen LogP) is 4.15. The molecule has 1 atom stereocenters. The third-order valence-corrected chi connectivity index (χ3v) is 4.67. The van der Waals surface area contributed by atoms with Gasteiger partial charge in [0.1, 0.15) is 11.3 Å². The Morgan fingerprint density at radius 3 is 2.24 bits per heavy atom. The van der Waals surface area contributed by atoms with E-state index in [1.165, 1.54) is 6.08 Å². The van der Waals surface area contributed by atoms with Crippen LogP contribution in [0.15, 0.2) is 48.0 Å². The Morgan fingerprint density at radius 1 is 1.03 bits per heavy atom. The number of barbiturate groups is 1. The summed E-state index contributed by atoms with van der Waals surface area (Å²) in [4.78, 5) is 38.6. The second-order valence-electron chi connectivity index (χ2n) is 7.21. The molecule has 2 aromatic carbocycles.